The van der Waals surface area contributed by atoms with Crippen molar-refractivity contribution < 1.29 is 0 Å². The van der Waals surface area contributed by atoms with Crippen LogP contribution in [0.4, 0.5) is 0 Å². The average molecular weight is 183 g/mol. The Morgan fingerprint density at radius 1 is 1.62 bits per heavy atom. The molecule has 0 N–H and O–H groups in total. The molecule has 0 nitrogen and oxygen atoms in total. The summed E-state index contributed by atoms with van der Waals surface area (Å²) in [7, 11) is 3.26. The Kier molecular flexibility index (Phi) is 2.43. The maximum Gasteiger partial charge on any atom is 0.102 e. The zero-order chi connectivity index (χ0) is 5.98. The minimum absolute atomic E-state index is 0.595. The summed E-state index contributed by atoms with van der Waals surface area (Å²) in [5.41, 5.74) is 0. The monoisotopic (exact) mass is 182 g/mol. The van der Waals surface area contributed by atoms with Crippen LogP contribution in [0.1, 0.15) is 4.88 Å². The first-order valence-corrected chi connectivity index (χ1v) is 5.07. The first-order chi connectivity index (χ1) is 3.83. The molecular weight excluding hydrogens is 180 g/mol. The highest BCUT2D eigenvalue weighted by Crippen LogP contribution is 2.18. The third kappa shape index (κ3) is 1.52. The Morgan fingerprint density at radius 3 is 2.62 bits per heavy atom. The molecule has 1 rings (SSSR count). The van der Waals surface area contributed by atoms with E-state index in [1.54, 1.807) is 20.7 Å². The molecule has 1 aromatic rings. The van der Waals surface area contributed by atoms with E-state index < -0.39 is 0 Å². The topological polar surface area (TPSA) is 0 Å². The van der Waals surface area contributed by atoms with Crippen LogP contribution in [0.3, 0.4) is 0 Å². The maximum atomic E-state index is 5.51. The Balaban J connectivity index is 3.01. The van der Waals surface area contributed by atoms with Crippen LogP contribution in [-0.2, 0) is 5.88 Å². The largest absolute Gasteiger partial charge is 0.121 e. The highest BCUT2D eigenvalue weighted by molar-refractivity contribution is 7.79. The minimum atomic E-state index is 0.595. The summed E-state index contributed by atoms with van der Waals surface area (Å²) in [5.74, 6) is 0.595. The molecule has 0 atom stereocenters. The summed E-state index contributed by atoms with van der Waals surface area (Å²) >= 11 is 10.4. The molecule has 4 heteroatoms. The van der Waals surface area contributed by atoms with E-state index in [4.69, 9.17) is 23.8 Å². The lowest BCUT2D eigenvalue weighted by Crippen LogP contribution is -1.59. The van der Waals surface area contributed by atoms with Crippen molar-refractivity contribution >= 4 is 44.5 Å². The van der Waals surface area contributed by atoms with Crippen molar-refractivity contribution in [1.29, 1.82) is 0 Å². The zero-order valence-corrected chi connectivity index (χ0v) is 7.09. The highest BCUT2D eigenvalue weighted by Gasteiger charge is 1.89. The van der Waals surface area contributed by atoms with E-state index in [0.29, 0.717) is 5.88 Å². The van der Waals surface area contributed by atoms with Crippen LogP contribution in [0.5, 0.6) is 0 Å². The molecule has 8 heavy (non-hydrogen) atoms. The van der Waals surface area contributed by atoms with E-state index in [1.807, 2.05) is 6.07 Å². The van der Waals surface area contributed by atoms with E-state index in [9.17, 15) is 0 Å². The van der Waals surface area contributed by atoms with Crippen LogP contribution < -0.4 is 0 Å². The van der Waals surface area contributed by atoms with E-state index in [-0.39, 0.29) is 0 Å². The molecule has 1 heterocycles. The van der Waals surface area contributed by atoms with Gasteiger partial charge in [0.2, 0.25) is 0 Å². The lowest BCUT2D eigenvalue weighted by molar-refractivity contribution is 1.53. The van der Waals surface area contributed by atoms with Gasteiger partial charge in [-0.25, -0.2) is 0 Å². The molecule has 0 aliphatic heterocycles. The molecular formula is C4H3ClS3. The van der Waals surface area contributed by atoms with Crippen LogP contribution in [-0.4, -0.2) is 0 Å². The van der Waals surface area contributed by atoms with Crippen LogP contribution in [0, 0.1) is 3.82 Å². The minimum Gasteiger partial charge on any atom is -0.121 e. The fourth-order valence-corrected chi connectivity index (χ4v) is 2.99. The normalized spacial score (nSPS) is 9.62. The van der Waals surface area contributed by atoms with Gasteiger partial charge >= 0.3 is 0 Å². The van der Waals surface area contributed by atoms with E-state index in [0.717, 1.165) is 3.82 Å². The number of alkyl halides is 1. The number of rotatable bonds is 1. The lowest BCUT2D eigenvalue weighted by Gasteiger charge is -1.75. The third-order valence-corrected chi connectivity index (χ3v) is 4.04. The standard InChI is InChI=1S/C4H3ClS3/c5-2-3-1-4(6)8-7-3/h1H,2H2. The molecule has 44 valence electrons. The Bertz CT molecular complexity index is 211. The van der Waals surface area contributed by atoms with Gasteiger partial charge in [0.15, 0.2) is 0 Å². The molecule has 0 aromatic carbocycles. The van der Waals surface area contributed by atoms with Crippen LogP contribution in [0.15, 0.2) is 6.07 Å². The first kappa shape index (κ1) is 6.68. The highest BCUT2D eigenvalue weighted by atomic mass is 35.5. The van der Waals surface area contributed by atoms with Crippen LogP contribution >= 0.6 is 44.5 Å². The molecule has 0 aliphatic rings. The molecule has 0 radical (unpaired) electrons. The molecule has 0 aliphatic carbocycles. The van der Waals surface area contributed by atoms with Gasteiger partial charge in [-0.15, -0.1) is 11.6 Å². The quantitative estimate of drug-likeness (QED) is 0.365. The summed E-state index contributed by atoms with van der Waals surface area (Å²) < 4.78 is 0.936. The summed E-state index contributed by atoms with van der Waals surface area (Å²) in [6.45, 7) is 0. The predicted molar refractivity (Wildman–Crippen MR) is 42.6 cm³/mol. The van der Waals surface area contributed by atoms with Crippen LogP contribution in [0.25, 0.3) is 0 Å². The van der Waals surface area contributed by atoms with Gasteiger partial charge in [0.05, 0.1) is 5.88 Å². The van der Waals surface area contributed by atoms with E-state index in [2.05, 4.69) is 0 Å². The third-order valence-electron chi connectivity index (χ3n) is 0.641. The summed E-state index contributed by atoms with van der Waals surface area (Å²) in [6.07, 6.45) is 0. The maximum absolute atomic E-state index is 5.51. The van der Waals surface area contributed by atoms with Gasteiger partial charge in [-0.2, -0.15) is 0 Å². The van der Waals surface area contributed by atoms with Crippen molar-refractivity contribution in [3.05, 3.63) is 14.8 Å². The van der Waals surface area contributed by atoms with Gasteiger partial charge in [-0.1, -0.05) is 32.9 Å². The number of hydrogen-bond acceptors (Lipinski definition) is 3. The van der Waals surface area contributed by atoms with Crippen molar-refractivity contribution in [2.45, 2.75) is 5.88 Å². The summed E-state index contributed by atoms with van der Waals surface area (Å²) in [5, 5.41) is 0. The fourth-order valence-electron chi connectivity index (χ4n) is 0.335. The summed E-state index contributed by atoms with van der Waals surface area (Å²) in [4.78, 5) is 1.17. The fraction of sp³-hybridized carbons (Fsp3) is 0.250. The summed E-state index contributed by atoms with van der Waals surface area (Å²) in [6, 6.07) is 1.94. The molecule has 0 saturated heterocycles. The lowest BCUT2D eigenvalue weighted by atomic mass is 10.6. The number of halogens is 1. The van der Waals surface area contributed by atoms with Gasteiger partial charge in [0.25, 0.3) is 0 Å². The van der Waals surface area contributed by atoms with Gasteiger partial charge in [-0.05, 0) is 6.07 Å². The Labute approximate surface area is 65.1 Å². The Morgan fingerprint density at radius 2 is 2.38 bits per heavy atom. The predicted octanol–water partition coefficient (Wildman–Crippen LogP) is 3.28. The smallest absolute Gasteiger partial charge is 0.102 e. The first-order valence-electron chi connectivity index (χ1n) is 1.98. The van der Waals surface area contributed by atoms with Crippen molar-refractivity contribution in [3.63, 3.8) is 0 Å². The van der Waals surface area contributed by atoms with Gasteiger partial charge < -0.3 is 0 Å². The van der Waals surface area contributed by atoms with Gasteiger partial charge in [0.1, 0.15) is 3.82 Å². The SMILES string of the molecule is S=c1cc(CCl)ss1. The second-order valence-electron chi connectivity index (χ2n) is 1.23. The molecule has 0 fully saturated rings. The molecule has 1 aromatic heterocycles. The van der Waals surface area contributed by atoms with Crippen molar-refractivity contribution in [2.24, 2.45) is 0 Å². The van der Waals surface area contributed by atoms with Gasteiger partial charge in [-0.3, -0.25) is 0 Å². The van der Waals surface area contributed by atoms with Gasteiger partial charge in [0, 0.05) is 4.88 Å². The van der Waals surface area contributed by atoms with Crippen molar-refractivity contribution in [2.75, 3.05) is 0 Å². The molecule has 0 saturated carbocycles. The van der Waals surface area contributed by atoms with Crippen LogP contribution in [0.2, 0.25) is 0 Å². The van der Waals surface area contributed by atoms with Crippen molar-refractivity contribution in [1.82, 2.24) is 0 Å². The van der Waals surface area contributed by atoms with E-state index >= 15 is 0 Å². The molecule has 0 spiro atoms. The molecule has 0 unspecified atom stereocenters. The second kappa shape index (κ2) is 2.92. The van der Waals surface area contributed by atoms with Crippen molar-refractivity contribution in [3.8, 4) is 0 Å². The zero-order valence-electron chi connectivity index (χ0n) is 3.89. The molecule has 0 amide bonds. The second-order valence-corrected chi connectivity index (χ2v) is 4.49. The number of hydrogen-bond donors (Lipinski definition) is 0. The van der Waals surface area contributed by atoms with E-state index in [1.165, 1.54) is 4.88 Å². The Hall–Kier alpha value is 0.560. The average Bonchev–Trinajstić information content (AvgIpc) is 2.14. The molecule has 0 bridgehead atoms.